The van der Waals surface area contributed by atoms with Crippen molar-refractivity contribution in [3.63, 3.8) is 0 Å². The first-order valence-electron chi connectivity index (χ1n) is 2.25. The summed E-state index contributed by atoms with van der Waals surface area (Å²) >= 11 is 0. The van der Waals surface area contributed by atoms with E-state index in [1.807, 2.05) is 0 Å². The van der Waals surface area contributed by atoms with Crippen LogP contribution in [0.3, 0.4) is 0 Å². The van der Waals surface area contributed by atoms with Crippen LogP contribution in [0.1, 0.15) is 4.28 Å². The summed E-state index contributed by atoms with van der Waals surface area (Å²) in [5.74, 6) is 0. The molecular formula is CH7Na3O9S3. The quantitative estimate of drug-likeness (QED) is 0.337. The summed E-state index contributed by atoms with van der Waals surface area (Å²) in [6, 6.07) is 0. The molecule has 0 aromatic carbocycles. The van der Waals surface area contributed by atoms with Crippen LogP contribution >= 0.6 is 0 Å². The summed E-state index contributed by atoms with van der Waals surface area (Å²) in [5.41, 5.74) is 0. The van der Waals surface area contributed by atoms with Crippen LogP contribution in [-0.4, -0.2) is 42.8 Å². The van der Waals surface area contributed by atoms with E-state index in [0.717, 1.165) is 0 Å². The minimum atomic E-state index is -5.66. The molecule has 0 rings (SSSR count). The van der Waals surface area contributed by atoms with Crippen LogP contribution in [0.2, 0.25) is 0 Å². The van der Waals surface area contributed by atoms with E-state index in [1.165, 1.54) is 0 Å². The summed E-state index contributed by atoms with van der Waals surface area (Å²) in [6.07, 6.45) is 0. The van der Waals surface area contributed by atoms with Gasteiger partial charge in [0.15, 0.2) is 0 Å². The fraction of sp³-hybridized carbons (Fsp3) is 1.00. The van der Waals surface area contributed by atoms with Crippen molar-refractivity contribution in [3.05, 3.63) is 0 Å². The van der Waals surface area contributed by atoms with Gasteiger partial charge in [-0.15, -0.1) is 0 Å². The third-order valence-electron chi connectivity index (χ3n) is 0.730. The molecule has 0 aromatic heterocycles. The third kappa shape index (κ3) is 9.63. The summed E-state index contributed by atoms with van der Waals surface area (Å²) in [4.78, 5) is 0. The Balaban J connectivity index is -0.0000000480. The number of rotatable bonds is 3. The molecule has 0 amide bonds. The monoisotopic (exact) mass is 328 g/mol. The van der Waals surface area contributed by atoms with Gasteiger partial charge in [-0.2, -0.15) is 25.3 Å². The Kier molecular flexibility index (Phi) is 14.9. The molecule has 0 atom stereocenters. The molecule has 0 saturated heterocycles. The smallest absolute Gasteiger partial charge is 1.00 e. The zero-order chi connectivity index (χ0) is 11.1. The van der Waals surface area contributed by atoms with Crippen molar-refractivity contribution in [3.8, 4) is 0 Å². The Labute approximate surface area is 163 Å². The van der Waals surface area contributed by atoms with E-state index in [0.29, 0.717) is 0 Å². The van der Waals surface area contributed by atoms with Crippen LogP contribution in [0, 0.1) is 0 Å². The van der Waals surface area contributed by atoms with Gasteiger partial charge in [-0.1, -0.05) is 0 Å². The topological polar surface area (TPSA) is 163 Å². The Hall–Kier alpha value is 2.73. The molecule has 3 N–H and O–H groups in total. The van der Waals surface area contributed by atoms with E-state index >= 15 is 0 Å². The molecule has 0 aliphatic rings. The molecule has 0 radical (unpaired) electrons. The van der Waals surface area contributed by atoms with Crippen LogP contribution in [0.4, 0.5) is 0 Å². The zero-order valence-electron chi connectivity index (χ0n) is 11.6. The van der Waals surface area contributed by atoms with Gasteiger partial charge in [-0.05, 0) is 0 Å². The van der Waals surface area contributed by atoms with Gasteiger partial charge >= 0.3 is 123 Å². The summed E-state index contributed by atoms with van der Waals surface area (Å²) in [7, 11) is -17.0. The van der Waals surface area contributed by atoms with Crippen LogP contribution in [0.5, 0.6) is 0 Å². The van der Waals surface area contributed by atoms with Crippen molar-refractivity contribution in [1.29, 1.82) is 0 Å². The summed E-state index contributed by atoms with van der Waals surface area (Å²) in [5, 5.41) is 0. The molecule has 0 heterocycles. The Morgan fingerprint density at radius 3 is 0.750 bits per heavy atom. The molecule has 86 valence electrons. The second-order valence-corrected chi connectivity index (χ2v) is 7.23. The van der Waals surface area contributed by atoms with E-state index in [2.05, 4.69) is 0 Å². The predicted molar refractivity (Wildman–Crippen MR) is 41.8 cm³/mol. The number of hydrogen-bond donors (Lipinski definition) is 3. The van der Waals surface area contributed by atoms with E-state index in [9.17, 15) is 25.3 Å². The summed E-state index contributed by atoms with van der Waals surface area (Å²) < 4.78 is 81.1. The molecule has 15 heteroatoms. The van der Waals surface area contributed by atoms with Crippen molar-refractivity contribution >= 4 is 30.4 Å². The van der Waals surface area contributed by atoms with E-state index in [4.69, 9.17) is 13.7 Å². The molecule has 9 nitrogen and oxygen atoms in total. The normalized spacial score (nSPS) is 12.0. The van der Waals surface area contributed by atoms with Gasteiger partial charge in [0.05, 0.1) is 0 Å². The first kappa shape index (κ1) is 27.1. The van der Waals surface area contributed by atoms with Gasteiger partial charge in [0.25, 0.3) is 0 Å². The Morgan fingerprint density at radius 2 is 0.750 bits per heavy atom. The maximum absolute atomic E-state index is 10.1. The minimum Gasteiger partial charge on any atom is -1.00 e. The van der Waals surface area contributed by atoms with E-state index in [1.54, 1.807) is 0 Å². The fourth-order valence-corrected chi connectivity index (χ4v) is 4.15. The molecule has 0 bridgehead atoms. The van der Waals surface area contributed by atoms with Crippen LogP contribution in [0.25, 0.3) is 0 Å². The standard InChI is InChI=1S/CH4O9S3.3Na.3H/c2-11(3,4)1(12(5,6)7)13(8,9)10;;;;;;/h1H,(H,2,3,4)(H,5,6,7)(H,8,9,10);;;;;;/q;3*+1;3*-1. The second-order valence-electron chi connectivity index (χ2n) is 1.83. The van der Waals surface area contributed by atoms with Gasteiger partial charge in [-0.25, -0.2) is 0 Å². The van der Waals surface area contributed by atoms with E-state index < -0.39 is 34.3 Å². The minimum absolute atomic E-state index is 0. The zero-order valence-corrected chi connectivity index (χ0v) is 17.0. The number of hydrogen-bond acceptors (Lipinski definition) is 6. The SMILES string of the molecule is O=S(=O)(O)C(S(=O)(=O)O)S(=O)(=O)O.[H-].[H-].[H-].[Na+].[Na+].[Na+]. The molecule has 0 aromatic rings. The van der Waals surface area contributed by atoms with Crippen molar-refractivity contribution < 1.29 is 132 Å². The van der Waals surface area contributed by atoms with Gasteiger partial charge in [0.2, 0.25) is 0 Å². The largest absolute Gasteiger partial charge is 1.00 e. The fourth-order valence-electron chi connectivity index (χ4n) is 0.461. The average Bonchev–Trinajstić information content (AvgIpc) is 1.44. The van der Waals surface area contributed by atoms with E-state index in [-0.39, 0.29) is 93.0 Å². The molecule has 0 fully saturated rings. The molecule has 0 aliphatic carbocycles. The Bertz CT molecular complexity index is 420. The van der Waals surface area contributed by atoms with Crippen LogP contribution < -0.4 is 88.7 Å². The molecule has 0 spiro atoms. The first-order chi connectivity index (χ1) is 5.37. The van der Waals surface area contributed by atoms with Crippen molar-refractivity contribution in [2.75, 3.05) is 0 Å². The molecule has 0 unspecified atom stereocenters. The second kappa shape index (κ2) is 8.81. The molecular weight excluding hydrogens is 321 g/mol. The Morgan fingerprint density at radius 1 is 0.625 bits per heavy atom. The maximum atomic E-state index is 10.1. The maximum Gasteiger partial charge on any atom is 1.00 e. The van der Waals surface area contributed by atoms with Crippen LogP contribution in [0.15, 0.2) is 0 Å². The molecule has 0 saturated carbocycles. The van der Waals surface area contributed by atoms with Gasteiger partial charge in [-0.3, -0.25) is 13.7 Å². The molecule has 0 aliphatic heterocycles. The van der Waals surface area contributed by atoms with Crippen LogP contribution in [-0.2, 0) is 30.4 Å². The van der Waals surface area contributed by atoms with Crippen molar-refractivity contribution in [2.24, 2.45) is 0 Å². The van der Waals surface area contributed by atoms with Crippen molar-refractivity contribution in [2.45, 2.75) is 3.91 Å². The van der Waals surface area contributed by atoms with Gasteiger partial charge in [0, 0.05) is 0 Å². The van der Waals surface area contributed by atoms with Gasteiger partial charge < -0.3 is 4.28 Å². The first-order valence-corrected chi connectivity index (χ1v) is 6.76. The predicted octanol–water partition coefficient (Wildman–Crippen LogP) is -10.7. The molecule has 16 heavy (non-hydrogen) atoms. The third-order valence-corrected chi connectivity index (χ3v) is 6.57. The average molecular weight is 328 g/mol. The van der Waals surface area contributed by atoms with Crippen molar-refractivity contribution in [1.82, 2.24) is 0 Å². The van der Waals surface area contributed by atoms with Gasteiger partial charge in [0.1, 0.15) is 0 Å². The summed E-state index contributed by atoms with van der Waals surface area (Å²) in [6.45, 7) is 0.